The van der Waals surface area contributed by atoms with Gasteiger partial charge in [0.2, 0.25) is 0 Å². The molecule has 3 nitrogen and oxygen atoms in total. The fraction of sp³-hybridized carbons (Fsp3) is 0.294. The molecule has 110 valence electrons. The van der Waals surface area contributed by atoms with Crippen LogP contribution in [0.5, 0.6) is 11.5 Å². The summed E-state index contributed by atoms with van der Waals surface area (Å²) in [5.41, 5.74) is 3.71. The van der Waals surface area contributed by atoms with Gasteiger partial charge in [-0.05, 0) is 35.4 Å². The van der Waals surface area contributed by atoms with Gasteiger partial charge in [0.15, 0.2) is 0 Å². The third kappa shape index (κ3) is 3.39. The highest BCUT2D eigenvalue weighted by Crippen LogP contribution is 2.32. The van der Waals surface area contributed by atoms with Crippen molar-refractivity contribution in [2.75, 3.05) is 13.7 Å². The zero-order chi connectivity index (χ0) is 14.7. The second kappa shape index (κ2) is 6.50. The van der Waals surface area contributed by atoms with E-state index in [4.69, 9.17) is 9.47 Å². The summed E-state index contributed by atoms with van der Waals surface area (Å²) in [7, 11) is 1.69. The molecule has 0 unspecified atom stereocenters. The molecule has 1 aliphatic rings. The Morgan fingerprint density at radius 2 is 2.14 bits per heavy atom. The second-order valence-corrected chi connectivity index (χ2v) is 6.02. The van der Waals surface area contributed by atoms with Gasteiger partial charge in [-0.3, -0.25) is 0 Å². The van der Waals surface area contributed by atoms with Gasteiger partial charge in [-0.25, -0.2) is 0 Å². The van der Waals surface area contributed by atoms with Gasteiger partial charge in [-0.1, -0.05) is 28.1 Å². The van der Waals surface area contributed by atoms with E-state index in [1.807, 2.05) is 12.1 Å². The van der Waals surface area contributed by atoms with E-state index in [0.717, 1.165) is 42.1 Å². The Kier molecular flexibility index (Phi) is 4.46. The van der Waals surface area contributed by atoms with E-state index in [9.17, 15) is 0 Å². The van der Waals surface area contributed by atoms with Crippen molar-refractivity contribution in [3.8, 4) is 11.5 Å². The van der Waals surface area contributed by atoms with Crippen LogP contribution in [0.2, 0.25) is 0 Å². The number of hydrogen-bond donors (Lipinski definition) is 1. The molecule has 4 heteroatoms. The van der Waals surface area contributed by atoms with Crippen LogP contribution in [0.15, 0.2) is 40.9 Å². The van der Waals surface area contributed by atoms with Crippen LogP contribution in [-0.2, 0) is 19.5 Å². The maximum atomic E-state index is 5.74. The van der Waals surface area contributed by atoms with Crippen LogP contribution in [0.3, 0.4) is 0 Å². The molecule has 0 aliphatic carbocycles. The first-order chi connectivity index (χ1) is 10.3. The van der Waals surface area contributed by atoms with Crippen LogP contribution in [0.4, 0.5) is 0 Å². The maximum absolute atomic E-state index is 5.74. The molecule has 21 heavy (non-hydrogen) atoms. The molecule has 0 radical (unpaired) electrons. The summed E-state index contributed by atoms with van der Waals surface area (Å²) in [5, 5.41) is 3.47. The molecule has 0 aromatic heterocycles. The van der Waals surface area contributed by atoms with Crippen molar-refractivity contribution in [2.24, 2.45) is 0 Å². The standard InChI is InChI=1S/C17H18BrNO2/c1-20-16-4-2-3-12(7-16)10-19-11-14-9-15(18)8-13-5-6-21-17(13)14/h2-4,7-9,19H,5-6,10-11H2,1H3. The number of methoxy groups -OCH3 is 1. The van der Waals surface area contributed by atoms with E-state index in [1.54, 1.807) is 7.11 Å². The Bertz CT molecular complexity index is 643. The number of fused-ring (bicyclic) bond motifs is 1. The topological polar surface area (TPSA) is 30.5 Å². The number of nitrogens with one attached hydrogen (secondary N) is 1. The first-order valence-electron chi connectivity index (χ1n) is 7.04. The van der Waals surface area contributed by atoms with Crippen LogP contribution >= 0.6 is 15.9 Å². The lowest BCUT2D eigenvalue weighted by atomic mass is 10.1. The van der Waals surface area contributed by atoms with Gasteiger partial charge in [0.05, 0.1) is 13.7 Å². The Morgan fingerprint density at radius 3 is 3.00 bits per heavy atom. The lowest BCUT2D eigenvalue weighted by molar-refractivity contribution is 0.352. The molecular formula is C17H18BrNO2. The Hall–Kier alpha value is -1.52. The molecule has 3 rings (SSSR count). The van der Waals surface area contributed by atoms with Crippen molar-refractivity contribution in [2.45, 2.75) is 19.5 Å². The average molecular weight is 348 g/mol. The molecule has 0 atom stereocenters. The summed E-state index contributed by atoms with van der Waals surface area (Å²) in [5.74, 6) is 1.94. The van der Waals surface area contributed by atoms with E-state index in [0.29, 0.717) is 0 Å². The molecule has 2 aromatic rings. The summed E-state index contributed by atoms with van der Waals surface area (Å²) in [6, 6.07) is 12.4. The lowest BCUT2D eigenvalue weighted by Gasteiger charge is -2.11. The molecule has 1 aliphatic heterocycles. The summed E-state index contributed by atoms with van der Waals surface area (Å²) < 4.78 is 12.1. The van der Waals surface area contributed by atoms with Crippen molar-refractivity contribution >= 4 is 15.9 Å². The first kappa shape index (κ1) is 14.4. The Balaban J connectivity index is 1.65. The first-order valence-corrected chi connectivity index (χ1v) is 7.83. The minimum Gasteiger partial charge on any atom is -0.497 e. The predicted molar refractivity (Wildman–Crippen MR) is 86.9 cm³/mol. The molecule has 0 saturated carbocycles. The van der Waals surface area contributed by atoms with Crippen molar-refractivity contribution in [1.82, 2.24) is 5.32 Å². The molecule has 0 saturated heterocycles. The highest BCUT2D eigenvalue weighted by Gasteiger charge is 2.17. The minimum absolute atomic E-state index is 0.786. The normalized spacial score (nSPS) is 12.9. The summed E-state index contributed by atoms with van der Waals surface area (Å²) >= 11 is 3.57. The smallest absolute Gasteiger partial charge is 0.127 e. The van der Waals surface area contributed by atoms with Gasteiger partial charge in [0, 0.05) is 29.5 Å². The fourth-order valence-electron chi connectivity index (χ4n) is 2.60. The van der Waals surface area contributed by atoms with Crippen LogP contribution in [-0.4, -0.2) is 13.7 Å². The number of rotatable bonds is 5. The molecule has 0 fully saturated rings. The Labute approximate surface area is 133 Å². The molecule has 0 amide bonds. The fourth-order valence-corrected chi connectivity index (χ4v) is 3.15. The van der Waals surface area contributed by atoms with Crippen molar-refractivity contribution in [3.63, 3.8) is 0 Å². The van der Waals surface area contributed by atoms with Gasteiger partial charge in [-0.2, -0.15) is 0 Å². The van der Waals surface area contributed by atoms with Crippen molar-refractivity contribution in [1.29, 1.82) is 0 Å². The largest absolute Gasteiger partial charge is 0.497 e. The summed E-state index contributed by atoms with van der Waals surface area (Å²) in [4.78, 5) is 0. The van der Waals surface area contributed by atoms with E-state index in [2.05, 4.69) is 45.5 Å². The average Bonchev–Trinajstić information content (AvgIpc) is 2.95. The highest BCUT2D eigenvalue weighted by molar-refractivity contribution is 9.10. The van der Waals surface area contributed by atoms with Crippen LogP contribution < -0.4 is 14.8 Å². The van der Waals surface area contributed by atoms with E-state index >= 15 is 0 Å². The van der Waals surface area contributed by atoms with Crippen molar-refractivity contribution < 1.29 is 9.47 Å². The minimum atomic E-state index is 0.786. The van der Waals surface area contributed by atoms with Gasteiger partial charge in [0.1, 0.15) is 11.5 Å². The molecule has 1 N–H and O–H groups in total. The predicted octanol–water partition coefficient (Wildman–Crippen LogP) is 3.68. The zero-order valence-corrected chi connectivity index (χ0v) is 13.6. The summed E-state index contributed by atoms with van der Waals surface area (Å²) in [6.45, 7) is 2.38. The highest BCUT2D eigenvalue weighted by atomic mass is 79.9. The third-order valence-electron chi connectivity index (χ3n) is 3.60. The molecule has 0 bridgehead atoms. The lowest BCUT2D eigenvalue weighted by Crippen LogP contribution is -2.13. The SMILES string of the molecule is COc1cccc(CNCc2cc(Br)cc3c2OCC3)c1. The Morgan fingerprint density at radius 1 is 1.24 bits per heavy atom. The number of benzene rings is 2. The van der Waals surface area contributed by atoms with E-state index in [-0.39, 0.29) is 0 Å². The summed E-state index contributed by atoms with van der Waals surface area (Å²) in [6.07, 6.45) is 0.998. The van der Waals surface area contributed by atoms with Gasteiger partial charge >= 0.3 is 0 Å². The van der Waals surface area contributed by atoms with E-state index in [1.165, 1.54) is 16.7 Å². The van der Waals surface area contributed by atoms with Gasteiger partial charge < -0.3 is 14.8 Å². The molecule has 1 heterocycles. The zero-order valence-electron chi connectivity index (χ0n) is 12.0. The molecule has 0 spiro atoms. The van der Waals surface area contributed by atoms with Crippen LogP contribution in [0.25, 0.3) is 0 Å². The monoisotopic (exact) mass is 347 g/mol. The van der Waals surface area contributed by atoms with Gasteiger partial charge in [0.25, 0.3) is 0 Å². The third-order valence-corrected chi connectivity index (χ3v) is 4.06. The number of halogens is 1. The van der Waals surface area contributed by atoms with Crippen LogP contribution in [0, 0.1) is 0 Å². The number of hydrogen-bond acceptors (Lipinski definition) is 3. The second-order valence-electron chi connectivity index (χ2n) is 5.11. The van der Waals surface area contributed by atoms with E-state index < -0.39 is 0 Å². The molecule has 2 aromatic carbocycles. The van der Waals surface area contributed by atoms with Gasteiger partial charge in [-0.15, -0.1) is 0 Å². The van der Waals surface area contributed by atoms with Crippen molar-refractivity contribution in [3.05, 3.63) is 57.6 Å². The number of ether oxygens (including phenoxy) is 2. The quantitative estimate of drug-likeness (QED) is 0.894. The maximum Gasteiger partial charge on any atom is 0.127 e. The molecular weight excluding hydrogens is 330 g/mol. The van der Waals surface area contributed by atoms with Crippen LogP contribution in [0.1, 0.15) is 16.7 Å².